The van der Waals surface area contributed by atoms with E-state index < -0.39 is 0 Å². The van der Waals surface area contributed by atoms with Crippen molar-refractivity contribution in [3.8, 4) is 11.4 Å². The fraction of sp³-hybridized carbons (Fsp3) is 0.158. The van der Waals surface area contributed by atoms with Crippen LogP contribution in [0.3, 0.4) is 0 Å². The van der Waals surface area contributed by atoms with Gasteiger partial charge in [0.25, 0.3) is 5.91 Å². The van der Waals surface area contributed by atoms with Gasteiger partial charge in [-0.3, -0.25) is 4.79 Å². The highest BCUT2D eigenvalue weighted by Gasteiger charge is 2.14. The van der Waals surface area contributed by atoms with Crippen LogP contribution < -0.4 is 0 Å². The molecule has 1 amide bonds. The Balaban J connectivity index is 1.75. The summed E-state index contributed by atoms with van der Waals surface area (Å²) >= 11 is 0. The first-order valence-electron chi connectivity index (χ1n) is 7.71. The summed E-state index contributed by atoms with van der Waals surface area (Å²) in [5.74, 6) is 0.850. The number of benzene rings is 2. The molecule has 1 N–H and O–H groups in total. The fourth-order valence-electron chi connectivity index (χ4n) is 2.51. The van der Waals surface area contributed by atoms with Gasteiger partial charge in [0.2, 0.25) is 0 Å². The van der Waals surface area contributed by atoms with Gasteiger partial charge < -0.3 is 9.88 Å². The normalized spacial score (nSPS) is 10.5. The fourth-order valence-corrected chi connectivity index (χ4v) is 2.51. The zero-order chi connectivity index (χ0) is 16.1. The Morgan fingerprint density at radius 2 is 1.83 bits per heavy atom. The molecule has 0 fully saturated rings. The van der Waals surface area contributed by atoms with Crippen LogP contribution in [0.5, 0.6) is 0 Å². The summed E-state index contributed by atoms with van der Waals surface area (Å²) in [5.41, 5.74) is 2.80. The zero-order valence-corrected chi connectivity index (χ0v) is 13.1. The number of aromatic nitrogens is 2. The smallest absolute Gasteiger partial charge is 0.254 e. The minimum atomic E-state index is 0.0438. The Kier molecular flexibility index (Phi) is 4.52. The van der Waals surface area contributed by atoms with Gasteiger partial charge in [-0.2, -0.15) is 0 Å². The Hall–Kier alpha value is -2.88. The lowest BCUT2D eigenvalue weighted by Gasteiger charge is -2.21. The van der Waals surface area contributed by atoms with Crippen molar-refractivity contribution < 1.29 is 4.79 Å². The number of hydrogen-bond donors (Lipinski definition) is 1. The van der Waals surface area contributed by atoms with Crippen molar-refractivity contribution in [3.63, 3.8) is 0 Å². The maximum absolute atomic E-state index is 12.7. The molecule has 3 aromatic rings. The molecule has 0 aliphatic carbocycles. The van der Waals surface area contributed by atoms with Gasteiger partial charge in [0.05, 0.1) is 0 Å². The quantitative estimate of drug-likeness (QED) is 0.780. The van der Waals surface area contributed by atoms with Crippen molar-refractivity contribution in [2.24, 2.45) is 0 Å². The zero-order valence-electron chi connectivity index (χ0n) is 13.1. The van der Waals surface area contributed by atoms with Crippen molar-refractivity contribution in [2.75, 3.05) is 6.54 Å². The SMILES string of the molecule is CCN(Cc1ccccc1)C(=O)c1ccc(-c2ncc[nH]2)cc1. The first-order valence-corrected chi connectivity index (χ1v) is 7.71. The van der Waals surface area contributed by atoms with Crippen molar-refractivity contribution in [1.82, 2.24) is 14.9 Å². The Labute approximate surface area is 135 Å². The third-order valence-electron chi connectivity index (χ3n) is 3.79. The largest absolute Gasteiger partial charge is 0.345 e. The van der Waals surface area contributed by atoms with Crippen LogP contribution in [0.4, 0.5) is 0 Å². The number of aromatic amines is 1. The van der Waals surface area contributed by atoms with Crippen LogP contribution in [0.2, 0.25) is 0 Å². The van der Waals surface area contributed by atoms with E-state index in [1.165, 1.54) is 0 Å². The van der Waals surface area contributed by atoms with Gasteiger partial charge in [-0.15, -0.1) is 0 Å². The maximum atomic E-state index is 12.7. The van der Waals surface area contributed by atoms with Gasteiger partial charge in [-0.25, -0.2) is 4.98 Å². The number of H-pyrrole nitrogens is 1. The van der Waals surface area contributed by atoms with Crippen LogP contribution in [0.25, 0.3) is 11.4 Å². The molecule has 0 saturated heterocycles. The van der Waals surface area contributed by atoms with Crippen molar-refractivity contribution in [1.29, 1.82) is 0 Å². The molecule has 23 heavy (non-hydrogen) atoms. The first kappa shape index (κ1) is 15.0. The number of nitrogens with zero attached hydrogens (tertiary/aromatic N) is 2. The van der Waals surface area contributed by atoms with Crippen LogP contribution >= 0.6 is 0 Å². The summed E-state index contributed by atoms with van der Waals surface area (Å²) < 4.78 is 0. The summed E-state index contributed by atoms with van der Waals surface area (Å²) in [5, 5.41) is 0. The summed E-state index contributed by atoms with van der Waals surface area (Å²) in [6, 6.07) is 17.6. The minimum Gasteiger partial charge on any atom is -0.345 e. The summed E-state index contributed by atoms with van der Waals surface area (Å²) in [6.07, 6.45) is 3.50. The molecule has 0 bridgehead atoms. The first-order chi connectivity index (χ1) is 11.3. The molecule has 4 heteroatoms. The Morgan fingerprint density at radius 1 is 1.09 bits per heavy atom. The molecule has 2 aromatic carbocycles. The maximum Gasteiger partial charge on any atom is 0.254 e. The van der Waals surface area contributed by atoms with Gasteiger partial charge in [0.15, 0.2) is 0 Å². The highest BCUT2D eigenvalue weighted by Crippen LogP contribution is 2.17. The van der Waals surface area contributed by atoms with Gasteiger partial charge in [0.1, 0.15) is 5.82 Å². The number of carbonyl (C=O) groups excluding carboxylic acids is 1. The Morgan fingerprint density at radius 3 is 2.43 bits per heavy atom. The predicted octanol–water partition coefficient (Wildman–Crippen LogP) is 3.74. The molecule has 1 aromatic heterocycles. The van der Waals surface area contributed by atoms with Crippen LogP contribution in [0, 0.1) is 0 Å². The number of amides is 1. The molecule has 0 atom stereocenters. The molecule has 0 aliphatic heterocycles. The van der Waals surface area contributed by atoms with Gasteiger partial charge >= 0.3 is 0 Å². The van der Waals surface area contributed by atoms with Gasteiger partial charge in [-0.1, -0.05) is 42.5 Å². The molecule has 0 spiro atoms. The van der Waals surface area contributed by atoms with E-state index in [9.17, 15) is 4.79 Å². The van der Waals surface area contributed by atoms with Crippen LogP contribution in [-0.4, -0.2) is 27.3 Å². The van der Waals surface area contributed by atoms with Crippen LogP contribution in [0.15, 0.2) is 67.0 Å². The van der Waals surface area contributed by atoms with Crippen LogP contribution in [-0.2, 0) is 6.54 Å². The van der Waals surface area contributed by atoms with Crippen LogP contribution in [0.1, 0.15) is 22.8 Å². The van der Waals surface area contributed by atoms with Crippen molar-refractivity contribution >= 4 is 5.91 Å². The summed E-state index contributed by atoms with van der Waals surface area (Å²) in [7, 11) is 0. The van der Waals surface area contributed by atoms with E-state index in [0.29, 0.717) is 18.7 Å². The van der Waals surface area contributed by atoms with Gasteiger partial charge in [-0.05, 0) is 24.6 Å². The molecule has 0 saturated carbocycles. The van der Waals surface area contributed by atoms with E-state index in [0.717, 1.165) is 17.0 Å². The van der Waals surface area contributed by atoms with E-state index in [2.05, 4.69) is 9.97 Å². The number of carbonyl (C=O) groups is 1. The molecule has 0 radical (unpaired) electrons. The average Bonchev–Trinajstić information content (AvgIpc) is 3.15. The van der Waals surface area contributed by atoms with E-state index in [4.69, 9.17) is 0 Å². The number of imidazole rings is 1. The second kappa shape index (κ2) is 6.92. The molecule has 0 aliphatic rings. The van der Waals surface area contributed by atoms with E-state index in [-0.39, 0.29) is 5.91 Å². The molecule has 4 nitrogen and oxygen atoms in total. The lowest BCUT2D eigenvalue weighted by molar-refractivity contribution is 0.0752. The summed E-state index contributed by atoms with van der Waals surface area (Å²) in [6.45, 7) is 3.29. The molecular weight excluding hydrogens is 286 g/mol. The highest BCUT2D eigenvalue weighted by molar-refractivity contribution is 5.94. The third-order valence-corrected chi connectivity index (χ3v) is 3.79. The number of nitrogens with one attached hydrogen (secondary N) is 1. The second-order valence-electron chi connectivity index (χ2n) is 5.32. The number of hydrogen-bond acceptors (Lipinski definition) is 2. The minimum absolute atomic E-state index is 0.0438. The third kappa shape index (κ3) is 3.48. The molecule has 0 unspecified atom stereocenters. The van der Waals surface area contributed by atoms with Crippen molar-refractivity contribution in [2.45, 2.75) is 13.5 Å². The molecule has 116 valence electrons. The monoisotopic (exact) mass is 305 g/mol. The van der Waals surface area contributed by atoms with E-state index >= 15 is 0 Å². The molecular formula is C19H19N3O. The van der Waals surface area contributed by atoms with E-state index in [1.807, 2.05) is 66.4 Å². The molecule has 3 rings (SSSR count). The Bertz CT molecular complexity index is 749. The van der Waals surface area contributed by atoms with E-state index in [1.54, 1.807) is 12.4 Å². The summed E-state index contributed by atoms with van der Waals surface area (Å²) in [4.78, 5) is 21.8. The lowest BCUT2D eigenvalue weighted by Crippen LogP contribution is -2.30. The topological polar surface area (TPSA) is 49.0 Å². The standard InChI is InChI=1S/C19H19N3O/c1-2-22(14-15-6-4-3-5-7-15)19(23)17-10-8-16(9-11-17)18-20-12-13-21-18/h3-13H,2,14H2,1H3,(H,20,21). The molecule has 1 heterocycles. The highest BCUT2D eigenvalue weighted by atomic mass is 16.2. The second-order valence-corrected chi connectivity index (χ2v) is 5.32. The van der Waals surface area contributed by atoms with Crippen molar-refractivity contribution in [3.05, 3.63) is 78.1 Å². The lowest BCUT2D eigenvalue weighted by atomic mass is 10.1. The predicted molar refractivity (Wildman–Crippen MR) is 90.9 cm³/mol. The van der Waals surface area contributed by atoms with Gasteiger partial charge in [0, 0.05) is 36.6 Å². The average molecular weight is 305 g/mol. The number of rotatable bonds is 5.